The minimum atomic E-state index is -0.793. The minimum Gasteiger partial charge on any atom is -0.481 e. The Morgan fingerprint density at radius 3 is 2.68 bits per heavy atom. The highest BCUT2D eigenvalue weighted by atomic mass is 16.5. The standard InChI is InChI=1S/C13H22N2O4/c1-9(12(16)17)11-6-15(7-11)13(18)14-4-5-19-8-10-2-3-10/h9-11H,2-8H2,1H3,(H,14,18)(H,16,17). The Balaban J connectivity index is 1.51. The van der Waals surface area contributed by atoms with Crippen molar-refractivity contribution >= 4 is 12.0 Å². The Labute approximate surface area is 113 Å². The van der Waals surface area contributed by atoms with E-state index in [4.69, 9.17) is 9.84 Å². The van der Waals surface area contributed by atoms with E-state index >= 15 is 0 Å². The summed E-state index contributed by atoms with van der Waals surface area (Å²) in [6, 6.07) is -0.121. The SMILES string of the molecule is CC(C(=O)O)C1CN(C(=O)NCCOCC2CC2)C1. The lowest BCUT2D eigenvalue weighted by Crippen LogP contribution is -2.56. The van der Waals surface area contributed by atoms with Crippen LogP contribution in [0.5, 0.6) is 0 Å². The van der Waals surface area contributed by atoms with Gasteiger partial charge in [-0.15, -0.1) is 0 Å². The molecule has 1 saturated carbocycles. The highest BCUT2D eigenvalue weighted by Gasteiger charge is 2.36. The highest BCUT2D eigenvalue weighted by Crippen LogP contribution is 2.28. The van der Waals surface area contributed by atoms with Crippen LogP contribution in [0.3, 0.4) is 0 Å². The molecule has 0 aromatic heterocycles. The van der Waals surface area contributed by atoms with Gasteiger partial charge in [0.1, 0.15) is 0 Å². The van der Waals surface area contributed by atoms with Gasteiger partial charge in [0.2, 0.25) is 0 Å². The van der Waals surface area contributed by atoms with Crippen molar-refractivity contribution in [1.29, 1.82) is 0 Å². The minimum absolute atomic E-state index is 0.0781. The molecule has 2 aliphatic rings. The molecule has 2 fully saturated rings. The maximum Gasteiger partial charge on any atom is 0.317 e. The molecule has 6 heteroatoms. The summed E-state index contributed by atoms with van der Waals surface area (Å²) in [6.45, 7) is 4.61. The van der Waals surface area contributed by atoms with Gasteiger partial charge in [0.25, 0.3) is 0 Å². The summed E-state index contributed by atoms with van der Waals surface area (Å²) in [4.78, 5) is 24.1. The largest absolute Gasteiger partial charge is 0.481 e. The predicted molar refractivity (Wildman–Crippen MR) is 68.8 cm³/mol. The fourth-order valence-electron chi connectivity index (χ4n) is 2.07. The molecule has 0 aromatic carbocycles. The first kappa shape index (κ1) is 14.1. The van der Waals surface area contributed by atoms with Crippen molar-refractivity contribution in [3.05, 3.63) is 0 Å². The summed E-state index contributed by atoms with van der Waals surface area (Å²) >= 11 is 0. The third-order valence-electron chi connectivity index (χ3n) is 3.87. The van der Waals surface area contributed by atoms with Gasteiger partial charge >= 0.3 is 12.0 Å². The van der Waals surface area contributed by atoms with Crippen LogP contribution in [-0.4, -0.2) is 54.9 Å². The van der Waals surface area contributed by atoms with E-state index < -0.39 is 5.97 Å². The van der Waals surface area contributed by atoms with Crippen molar-refractivity contribution in [2.24, 2.45) is 17.8 Å². The van der Waals surface area contributed by atoms with E-state index in [2.05, 4.69) is 5.32 Å². The molecule has 1 heterocycles. The smallest absolute Gasteiger partial charge is 0.317 e. The summed E-state index contributed by atoms with van der Waals surface area (Å²) in [6.07, 6.45) is 2.53. The molecule has 108 valence electrons. The summed E-state index contributed by atoms with van der Waals surface area (Å²) in [7, 11) is 0. The second kappa shape index (κ2) is 6.23. The van der Waals surface area contributed by atoms with Crippen LogP contribution in [0.1, 0.15) is 19.8 Å². The molecular weight excluding hydrogens is 248 g/mol. The molecule has 0 radical (unpaired) electrons. The lowest BCUT2D eigenvalue weighted by atomic mass is 9.87. The van der Waals surface area contributed by atoms with Crippen LogP contribution in [0.4, 0.5) is 4.79 Å². The number of carboxylic acid groups (broad SMARTS) is 1. The van der Waals surface area contributed by atoms with Crippen LogP contribution in [0.15, 0.2) is 0 Å². The highest BCUT2D eigenvalue weighted by molar-refractivity contribution is 5.76. The van der Waals surface area contributed by atoms with Crippen molar-refractivity contribution in [1.82, 2.24) is 10.2 Å². The van der Waals surface area contributed by atoms with Crippen LogP contribution in [0.2, 0.25) is 0 Å². The van der Waals surface area contributed by atoms with Gasteiger partial charge in [-0.3, -0.25) is 4.79 Å². The molecule has 1 saturated heterocycles. The number of hydrogen-bond donors (Lipinski definition) is 2. The maximum atomic E-state index is 11.7. The van der Waals surface area contributed by atoms with E-state index in [1.165, 1.54) is 12.8 Å². The van der Waals surface area contributed by atoms with Crippen LogP contribution in [0, 0.1) is 17.8 Å². The zero-order chi connectivity index (χ0) is 13.8. The maximum absolute atomic E-state index is 11.7. The molecule has 0 spiro atoms. The quantitative estimate of drug-likeness (QED) is 0.670. The van der Waals surface area contributed by atoms with Crippen LogP contribution < -0.4 is 5.32 Å². The van der Waals surface area contributed by atoms with E-state index in [-0.39, 0.29) is 17.9 Å². The first-order valence-electron chi connectivity index (χ1n) is 6.91. The number of carboxylic acids is 1. The van der Waals surface area contributed by atoms with E-state index in [9.17, 15) is 9.59 Å². The predicted octanol–water partition coefficient (Wildman–Crippen LogP) is 0.775. The zero-order valence-electron chi connectivity index (χ0n) is 11.3. The van der Waals surface area contributed by atoms with Crippen molar-refractivity contribution in [2.45, 2.75) is 19.8 Å². The topological polar surface area (TPSA) is 78.9 Å². The molecule has 6 nitrogen and oxygen atoms in total. The van der Waals surface area contributed by atoms with Crippen molar-refractivity contribution < 1.29 is 19.4 Å². The van der Waals surface area contributed by atoms with Crippen LogP contribution >= 0.6 is 0 Å². The Morgan fingerprint density at radius 1 is 1.42 bits per heavy atom. The summed E-state index contributed by atoms with van der Waals surface area (Å²) < 4.78 is 5.42. The van der Waals surface area contributed by atoms with Gasteiger partial charge in [-0.25, -0.2) is 4.79 Å². The molecule has 2 amide bonds. The van der Waals surface area contributed by atoms with Crippen molar-refractivity contribution in [3.8, 4) is 0 Å². The van der Waals surface area contributed by atoms with Gasteiger partial charge in [0.05, 0.1) is 12.5 Å². The lowest BCUT2D eigenvalue weighted by Gasteiger charge is -2.41. The second-order valence-electron chi connectivity index (χ2n) is 5.54. The Morgan fingerprint density at radius 2 is 2.11 bits per heavy atom. The Bertz CT molecular complexity index is 338. The molecule has 1 atom stereocenters. The molecular formula is C13H22N2O4. The third-order valence-corrected chi connectivity index (χ3v) is 3.87. The van der Waals surface area contributed by atoms with E-state index in [0.717, 1.165) is 12.5 Å². The second-order valence-corrected chi connectivity index (χ2v) is 5.54. The Kier molecular flexibility index (Phi) is 4.63. The number of carbonyl (C=O) groups is 2. The summed E-state index contributed by atoms with van der Waals surface area (Å²) in [5.41, 5.74) is 0. The number of nitrogens with zero attached hydrogens (tertiary/aromatic N) is 1. The average Bonchev–Trinajstić information content (AvgIpc) is 3.10. The van der Waals surface area contributed by atoms with Crippen molar-refractivity contribution in [2.75, 3.05) is 32.8 Å². The number of rotatable bonds is 7. The van der Waals surface area contributed by atoms with E-state index in [0.29, 0.717) is 26.2 Å². The fourth-order valence-corrected chi connectivity index (χ4v) is 2.07. The number of amides is 2. The molecule has 1 unspecified atom stereocenters. The molecule has 1 aliphatic carbocycles. The van der Waals surface area contributed by atoms with Gasteiger partial charge in [-0.2, -0.15) is 0 Å². The van der Waals surface area contributed by atoms with Gasteiger partial charge in [0, 0.05) is 32.2 Å². The average molecular weight is 270 g/mol. The van der Waals surface area contributed by atoms with E-state index in [1.54, 1.807) is 11.8 Å². The van der Waals surface area contributed by atoms with Crippen LogP contribution in [-0.2, 0) is 9.53 Å². The Hall–Kier alpha value is -1.30. The monoisotopic (exact) mass is 270 g/mol. The molecule has 2 N–H and O–H groups in total. The molecule has 0 bridgehead atoms. The third kappa shape index (κ3) is 4.09. The number of likely N-dealkylation sites (tertiary alicyclic amines) is 1. The van der Waals surface area contributed by atoms with Gasteiger partial charge in [-0.05, 0) is 18.8 Å². The summed E-state index contributed by atoms with van der Waals surface area (Å²) in [5.74, 6) is -0.358. The molecule has 2 rings (SSSR count). The van der Waals surface area contributed by atoms with Crippen LogP contribution in [0.25, 0.3) is 0 Å². The lowest BCUT2D eigenvalue weighted by molar-refractivity contribution is -0.144. The van der Waals surface area contributed by atoms with Crippen molar-refractivity contribution in [3.63, 3.8) is 0 Å². The number of hydrogen-bond acceptors (Lipinski definition) is 3. The number of ether oxygens (including phenoxy) is 1. The molecule has 0 aromatic rings. The number of aliphatic carboxylic acids is 1. The van der Waals surface area contributed by atoms with Gasteiger partial charge < -0.3 is 20.1 Å². The normalized spacial score (nSPS) is 20.8. The van der Waals surface area contributed by atoms with E-state index in [1.807, 2.05) is 0 Å². The molecule has 19 heavy (non-hydrogen) atoms. The number of carbonyl (C=O) groups excluding carboxylic acids is 1. The number of nitrogens with one attached hydrogen (secondary N) is 1. The van der Waals surface area contributed by atoms with Gasteiger partial charge in [0.15, 0.2) is 0 Å². The fraction of sp³-hybridized carbons (Fsp3) is 0.846. The first-order chi connectivity index (χ1) is 9.08. The molecule has 1 aliphatic heterocycles. The number of urea groups is 1. The first-order valence-corrected chi connectivity index (χ1v) is 6.91. The van der Waals surface area contributed by atoms with Gasteiger partial charge in [-0.1, -0.05) is 6.92 Å². The summed E-state index contributed by atoms with van der Waals surface area (Å²) in [5, 5.41) is 11.6. The zero-order valence-corrected chi connectivity index (χ0v) is 11.3.